The Hall–Kier alpha value is -15.3. The predicted octanol–water partition coefficient (Wildman–Crippen LogP) is 9.86. The fourth-order valence-corrected chi connectivity index (χ4v) is 23.6. The third kappa shape index (κ3) is 18.5. The summed E-state index contributed by atoms with van der Waals surface area (Å²) >= 11 is 0. The third-order valence-corrected chi connectivity index (χ3v) is 32.4. The molecule has 14 aromatic rings. The van der Waals surface area contributed by atoms with E-state index >= 15 is 0 Å². The first-order valence-corrected chi connectivity index (χ1v) is 52.3. The minimum absolute atomic E-state index is 0.0770. The van der Waals surface area contributed by atoms with Gasteiger partial charge in [0.15, 0.2) is 91.6 Å². The maximum absolute atomic E-state index is 12.1. The van der Waals surface area contributed by atoms with Gasteiger partial charge in [-0.25, -0.2) is 64.4 Å². The van der Waals surface area contributed by atoms with Crippen LogP contribution in [0.3, 0.4) is 0 Å². The molecule has 44 heteroatoms. The lowest BCUT2D eigenvalue weighted by molar-refractivity contribution is -0.132. The lowest BCUT2D eigenvalue weighted by atomic mass is 9.85. The number of rotatable bonds is 15. The van der Waals surface area contributed by atoms with Crippen molar-refractivity contribution in [1.82, 2.24) is 97.3 Å². The second-order valence-corrected chi connectivity index (χ2v) is 42.2. The highest BCUT2D eigenvalue weighted by atomic mass is 32.2. The van der Waals surface area contributed by atoms with E-state index in [2.05, 4.69) is 116 Å². The number of piperidine rings is 1. The van der Waals surface area contributed by atoms with Crippen LogP contribution >= 0.6 is 0 Å². The number of amides is 7. The molecular formula is C99H92N24O15S5. The van der Waals surface area contributed by atoms with Gasteiger partial charge in [0.2, 0.25) is 17.7 Å². The normalized spacial score (nSPS) is 20.4. The van der Waals surface area contributed by atoms with Crippen LogP contribution in [0.15, 0.2) is 207 Å². The van der Waals surface area contributed by atoms with E-state index in [4.69, 9.17) is 24.2 Å². The van der Waals surface area contributed by atoms with Gasteiger partial charge in [-0.3, -0.25) is 62.1 Å². The Balaban J connectivity index is 0.000000102. The molecule has 5 N–H and O–H groups in total. The molecule has 7 amide bonds. The number of carbonyl (C=O) groups excluding carboxylic acids is 7. The van der Waals surface area contributed by atoms with Gasteiger partial charge in [-0.15, -0.1) is 0 Å². The van der Waals surface area contributed by atoms with E-state index in [1.54, 1.807) is 69.4 Å². The van der Waals surface area contributed by atoms with Gasteiger partial charge in [-0.2, -0.15) is 25.5 Å². The quantitative estimate of drug-likeness (QED) is 0.0637. The summed E-state index contributed by atoms with van der Waals surface area (Å²) < 4.78 is 96.5. The molecule has 3 saturated heterocycles. The average Bonchev–Trinajstić information content (AvgIpc) is 1.72. The van der Waals surface area contributed by atoms with Crippen LogP contribution in [0, 0.1) is 11.3 Å². The Morgan fingerprint density at radius 1 is 0.441 bits per heavy atom. The summed E-state index contributed by atoms with van der Waals surface area (Å²) in [5, 5.41) is 27.7. The molecule has 5 unspecified atom stereocenters. The number of likely N-dealkylation sites (N-methyl/N-ethyl adjacent to an activating group) is 1. The number of aryl methyl sites for hydroxylation is 1. The van der Waals surface area contributed by atoms with Crippen molar-refractivity contribution in [1.29, 1.82) is 0 Å². The molecule has 0 bridgehead atoms. The second-order valence-electron chi connectivity index (χ2n) is 36.4. The van der Waals surface area contributed by atoms with Crippen LogP contribution in [0.5, 0.6) is 11.6 Å². The van der Waals surface area contributed by atoms with Crippen molar-refractivity contribution < 1.29 is 68.8 Å². The zero-order chi connectivity index (χ0) is 98.2. The lowest BCUT2D eigenvalue weighted by Crippen LogP contribution is -2.44. The van der Waals surface area contributed by atoms with Crippen molar-refractivity contribution in [3.63, 3.8) is 0 Å². The Kier molecular flexibility index (Phi) is 25.1. The Morgan fingerprint density at radius 3 is 1.32 bits per heavy atom. The highest BCUT2D eigenvalue weighted by Crippen LogP contribution is 2.43. The average molecular weight is 2020 g/mol. The predicted molar refractivity (Wildman–Crippen MR) is 543 cm³/mol. The van der Waals surface area contributed by atoms with Crippen LogP contribution in [-0.2, 0) is 99.6 Å². The maximum atomic E-state index is 12.1. The topological polar surface area (TPSA) is 450 Å². The largest absolute Gasteiger partial charge is 0.488 e. The van der Waals surface area contributed by atoms with Gasteiger partial charge >= 0.3 is 0 Å². The fourth-order valence-electron chi connectivity index (χ4n) is 19.3. The molecule has 9 aromatic heterocycles. The van der Waals surface area contributed by atoms with Gasteiger partial charge in [0.1, 0.15) is 30.5 Å². The van der Waals surface area contributed by atoms with Gasteiger partial charge in [-0.1, -0.05) is 43.7 Å². The molecule has 26 rings (SSSR count). The third-order valence-electron chi connectivity index (χ3n) is 27.1. The van der Waals surface area contributed by atoms with E-state index in [0.29, 0.717) is 80.7 Å². The number of hydrogen-bond donors (Lipinski definition) is 5. The SMILES string of the molecule is CCCC(=O)N1CCC(c2ccc3c(cnn3C3=CC(=O)NS3=O)c2)CC1.CN1C(=O)CCc2cc(-c3ccc4c(cnn4C4=CC(=O)NS4=O)c3)cnc21.CN1CCOc2ncc(-c3ccc4c(cnn4C4=CC(=O)NS4=O)c3)cc21.O=C1C=C(n2ncc3cc(-c4ccc(N5CCC6(COC6)C5)nc4)ccc32)S(=O)N1.O=C1C=C(n2ncc3cc(-c4cnc5c(c4)OCCN5CC4CCC4)ccc32)S(=O)N1. The first-order valence-electron chi connectivity index (χ1n) is 46.6. The molecule has 39 nitrogen and oxygen atoms in total. The highest BCUT2D eigenvalue weighted by molar-refractivity contribution is 7.94. The van der Waals surface area contributed by atoms with Crippen LogP contribution in [0.2, 0.25) is 0 Å². The highest BCUT2D eigenvalue weighted by Gasteiger charge is 2.45. The Labute approximate surface area is 828 Å². The second kappa shape index (κ2) is 38.6. The number of hydrogen-bond acceptors (Lipinski definition) is 27. The maximum Gasteiger partial charge on any atom is 0.258 e. The lowest BCUT2D eigenvalue weighted by Gasteiger charge is -2.37. The molecule has 11 aliphatic heterocycles. The monoisotopic (exact) mass is 2020 g/mol. The van der Waals surface area contributed by atoms with Crippen LogP contribution in [-0.4, -0.2) is 222 Å². The van der Waals surface area contributed by atoms with Crippen molar-refractivity contribution >= 4 is 199 Å². The minimum Gasteiger partial charge on any atom is -0.488 e. The molecule has 728 valence electrons. The van der Waals surface area contributed by atoms with Gasteiger partial charge in [-0.05, 0) is 181 Å². The van der Waals surface area contributed by atoms with E-state index in [-0.39, 0.29) is 35.4 Å². The first kappa shape index (κ1) is 92.8. The summed E-state index contributed by atoms with van der Waals surface area (Å²) in [4.78, 5) is 110. The number of fused-ring (bicyclic) bond motifs is 8. The molecule has 1 spiro atoms. The molecule has 12 aliphatic rings. The zero-order valence-electron chi connectivity index (χ0n) is 77.3. The van der Waals surface area contributed by atoms with E-state index in [9.17, 15) is 54.6 Å². The molecule has 0 radical (unpaired) electrons. The van der Waals surface area contributed by atoms with Crippen molar-refractivity contribution in [2.24, 2.45) is 11.3 Å². The number of pyridine rings is 4. The molecule has 143 heavy (non-hydrogen) atoms. The van der Waals surface area contributed by atoms with Crippen LogP contribution < -0.4 is 52.7 Å². The molecule has 1 aliphatic carbocycles. The number of aromatic nitrogens is 14. The fraction of sp³-hybridized carbons (Fsp3) is 0.273. The van der Waals surface area contributed by atoms with Crippen LogP contribution in [0.1, 0.15) is 81.8 Å². The molecule has 1 saturated carbocycles. The number of likely N-dealkylation sites (tertiary alicyclic amines) is 1. The molecule has 4 fully saturated rings. The Morgan fingerprint density at radius 2 is 0.881 bits per heavy atom. The van der Waals surface area contributed by atoms with Gasteiger partial charge < -0.3 is 33.8 Å². The first-order chi connectivity index (χ1) is 69.4. The van der Waals surface area contributed by atoms with Crippen molar-refractivity contribution in [2.45, 2.75) is 77.0 Å². The van der Waals surface area contributed by atoms with E-state index < -0.39 is 60.8 Å². The molecule has 5 aromatic carbocycles. The minimum atomic E-state index is -1.61. The summed E-state index contributed by atoms with van der Waals surface area (Å²) in [6.07, 6.45) is 32.2. The number of ether oxygens (including phenoxy) is 3. The van der Waals surface area contributed by atoms with E-state index in [1.165, 1.54) is 71.0 Å². The molecule has 5 atom stereocenters. The van der Waals surface area contributed by atoms with Crippen molar-refractivity contribution in [2.75, 3.05) is 106 Å². The standard InChI is InChI=1S/C22H21N5O3S.C21H19N5O3S.C19H15N5O3S.C19H22N4O3S.C18H15N5O3S/c28-20-10-21(31(29)25-20)27-18-5-4-15(8-17(18)12-24-27)16-9-19-22(23-11-16)26(6-7-30-19)13-14-2-1-3-14;27-19-8-20(30(28)24-19)26-17-3-1-14(7-16(17)10-23-26)15-2-4-18(22-9-15)25-6-5-21(11-25)12-29-13-21;1-23-17(26)5-3-12-7-13(9-20-19(12)23)11-2-4-15-14(6-11)10-21-24(15)18-8-16(25)22-28(18)27;1-2-3-18(25)22-8-6-13(7-9-22)14-4-5-16-15(10-14)12-20-23(16)19-11-17(24)21-27(19)26;1-22-4-5-26-18-15(22)7-12(9-19-18)11-2-3-14-13(6-11)10-20-23(14)17-8-16(24)21-27(17)25/h4-5,8-12,14H,1-3,6-7,13H2,(H,25,28);1-4,7-10H,5-6,11-13H2,(H,24,27);2,4,6-10H,3,5H2,1H3,(H,22,25);4-5,10-13H,2-3,6-9H2,1H3,(H,21,24);2-3,6-10H,4-5H2,1H3,(H,21,24). The van der Waals surface area contributed by atoms with Crippen molar-refractivity contribution in [3.05, 3.63) is 219 Å². The van der Waals surface area contributed by atoms with Gasteiger partial charge in [0.25, 0.3) is 29.5 Å². The molecule has 20 heterocycles. The summed E-state index contributed by atoms with van der Waals surface area (Å²) in [7, 11) is -4.18. The number of nitrogens with zero attached hydrogens (tertiary/aromatic N) is 19. The number of benzene rings is 5. The molecular weight excluding hydrogens is 1930 g/mol. The number of anilines is 4. The van der Waals surface area contributed by atoms with E-state index in [0.717, 1.165) is 212 Å². The van der Waals surface area contributed by atoms with Crippen molar-refractivity contribution in [3.8, 4) is 56.1 Å². The van der Waals surface area contributed by atoms with Gasteiger partial charge in [0.05, 0.1) is 84.9 Å². The summed E-state index contributed by atoms with van der Waals surface area (Å²) in [6.45, 7) is 11.5. The van der Waals surface area contributed by atoms with E-state index in [1.807, 2.05) is 110 Å². The smallest absolute Gasteiger partial charge is 0.258 e. The van der Waals surface area contributed by atoms with Crippen LogP contribution in [0.4, 0.5) is 23.1 Å². The number of carbonyl (C=O) groups is 7. The van der Waals surface area contributed by atoms with Gasteiger partial charge in [0, 0.05) is 169 Å². The Bertz CT molecular complexity index is 7960. The number of nitrogens with one attached hydrogen (secondary N) is 5. The van der Waals surface area contributed by atoms with Crippen LogP contribution in [0.25, 0.3) is 124 Å². The summed E-state index contributed by atoms with van der Waals surface area (Å²) in [5.74, 6) is 3.78. The summed E-state index contributed by atoms with van der Waals surface area (Å²) in [6, 6.07) is 40.0. The summed E-state index contributed by atoms with van der Waals surface area (Å²) in [5.41, 5.74) is 15.4. The zero-order valence-corrected chi connectivity index (χ0v) is 81.4.